The molecule has 2 heterocycles. The molecule has 4 atom stereocenters. The number of aliphatic hydroxyl groups is 1. The van der Waals surface area contributed by atoms with Crippen LogP contribution < -0.4 is 14.2 Å². The van der Waals surface area contributed by atoms with Crippen molar-refractivity contribution in [1.82, 2.24) is 4.98 Å². The Labute approximate surface area is 189 Å². The summed E-state index contributed by atoms with van der Waals surface area (Å²) in [4.78, 5) is 30.4. The molecule has 168 valence electrons. The Bertz CT molecular complexity index is 1240. The number of Topliss-reactive ketones (excluding diaryl/α,β-unsaturated/α-hetero) is 1. The van der Waals surface area contributed by atoms with E-state index in [0.29, 0.717) is 22.6 Å². The summed E-state index contributed by atoms with van der Waals surface area (Å²) in [5, 5.41) is 22.2. The number of hydrogen-bond donors (Lipinski definition) is 2. The molecule has 1 aliphatic heterocycles. The largest absolute Gasteiger partial charge is 0.497 e. The molecule has 5 rings (SSSR count). The maximum absolute atomic E-state index is 13.7. The van der Waals surface area contributed by atoms with Crippen LogP contribution in [0, 0.1) is 5.92 Å². The minimum absolute atomic E-state index is 0.0335. The molecule has 33 heavy (non-hydrogen) atoms. The summed E-state index contributed by atoms with van der Waals surface area (Å²) in [6.07, 6.45) is 1.36. The van der Waals surface area contributed by atoms with E-state index in [0.717, 1.165) is 0 Å². The van der Waals surface area contributed by atoms with Gasteiger partial charge >= 0.3 is 5.97 Å². The molecule has 1 saturated carbocycles. The third-order valence-corrected chi connectivity index (χ3v) is 6.57. The average molecular weight is 447 g/mol. The lowest BCUT2D eigenvalue weighted by atomic mass is 9.71. The highest BCUT2D eigenvalue weighted by molar-refractivity contribution is 6.08. The number of aromatic nitrogens is 1. The molecule has 3 aromatic rings. The van der Waals surface area contributed by atoms with Crippen LogP contribution in [0.15, 0.2) is 66.9 Å². The second-order valence-electron chi connectivity index (χ2n) is 8.07. The van der Waals surface area contributed by atoms with Crippen molar-refractivity contribution < 1.29 is 34.0 Å². The van der Waals surface area contributed by atoms with Crippen LogP contribution in [-0.2, 0) is 20.8 Å². The first-order valence-corrected chi connectivity index (χ1v) is 10.3. The lowest BCUT2D eigenvalue weighted by Gasteiger charge is -2.38. The maximum atomic E-state index is 13.7. The van der Waals surface area contributed by atoms with Gasteiger partial charge in [-0.2, -0.15) is 0 Å². The van der Waals surface area contributed by atoms with Crippen molar-refractivity contribution in [3.05, 3.63) is 83.7 Å². The Balaban J connectivity index is 1.85. The lowest BCUT2D eigenvalue weighted by molar-refractivity contribution is -0.154. The summed E-state index contributed by atoms with van der Waals surface area (Å²) < 4.78 is 16.9. The Hall–Kier alpha value is -3.91. The molecule has 8 heteroatoms. The molecule has 1 aliphatic carbocycles. The Morgan fingerprint density at radius 2 is 1.70 bits per heavy atom. The number of nitrogens with zero attached hydrogens (tertiary/aromatic N) is 1. The summed E-state index contributed by atoms with van der Waals surface area (Å²) in [5.74, 6) is -3.73. The number of rotatable bonds is 5. The van der Waals surface area contributed by atoms with E-state index in [4.69, 9.17) is 14.2 Å². The van der Waals surface area contributed by atoms with E-state index in [1.54, 1.807) is 54.6 Å². The first-order valence-electron chi connectivity index (χ1n) is 10.3. The lowest BCUT2D eigenvalue weighted by Crippen LogP contribution is -2.51. The predicted molar refractivity (Wildman–Crippen MR) is 115 cm³/mol. The number of hydrogen-bond acceptors (Lipinski definition) is 7. The fourth-order valence-corrected chi connectivity index (χ4v) is 5.14. The minimum Gasteiger partial charge on any atom is -0.497 e. The zero-order valence-corrected chi connectivity index (χ0v) is 17.9. The molecule has 0 radical (unpaired) electrons. The van der Waals surface area contributed by atoms with Crippen molar-refractivity contribution in [3.8, 4) is 17.2 Å². The standard InChI is InChI=1S/C25H21NO7/c1-31-16-10-8-15(9-11-16)25-20(14-6-4-3-5-7-14)19(23(28)29)22(27)24(25,30)21-18(33-25)12-17(32-2)13-26-21/h3-13,19-20,30H,1-2H3,(H,28,29)/t19-,20-,24+,25+/m1/s1. The van der Waals surface area contributed by atoms with Gasteiger partial charge in [0.2, 0.25) is 5.60 Å². The summed E-state index contributed by atoms with van der Waals surface area (Å²) in [5.41, 5.74) is -3.18. The molecule has 0 saturated heterocycles. The van der Waals surface area contributed by atoms with Gasteiger partial charge in [-0.15, -0.1) is 0 Å². The Morgan fingerprint density at radius 1 is 1.03 bits per heavy atom. The highest BCUT2D eigenvalue weighted by atomic mass is 16.5. The SMILES string of the molecule is COc1ccc([C@@]23Oc4cc(OC)cnc4[C@]2(O)C(=O)[C@H](C(=O)O)[C@H]3c2ccccc2)cc1. The van der Waals surface area contributed by atoms with Crippen LogP contribution in [0.4, 0.5) is 0 Å². The molecule has 2 aliphatic rings. The maximum Gasteiger partial charge on any atom is 0.314 e. The highest BCUT2D eigenvalue weighted by Gasteiger charge is 2.78. The molecule has 0 unspecified atom stereocenters. The van der Waals surface area contributed by atoms with Gasteiger partial charge in [-0.3, -0.25) is 9.59 Å². The first kappa shape index (κ1) is 21.0. The Morgan fingerprint density at radius 3 is 2.30 bits per heavy atom. The number of carbonyl (C=O) groups is 2. The summed E-state index contributed by atoms with van der Waals surface area (Å²) in [7, 11) is 2.99. The number of benzene rings is 2. The van der Waals surface area contributed by atoms with Crippen LogP contribution in [-0.4, -0.2) is 41.2 Å². The van der Waals surface area contributed by atoms with E-state index < -0.39 is 34.8 Å². The van der Waals surface area contributed by atoms with E-state index in [-0.39, 0.29) is 11.4 Å². The van der Waals surface area contributed by atoms with Crippen LogP contribution in [0.5, 0.6) is 17.2 Å². The number of pyridine rings is 1. The van der Waals surface area contributed by atoms with Crippen LogP contribution in [0.3, 0.4) is 0 Å². The molecule has 0 spiro atoms. The van der Waals surface area contributed by atoms with Crippen LogP contribution in [0.2, 0.25) is 0 Å². The normalized spacial score (nSPS) is 27.4. The van der Waals surface area contributed by atoms with E-state index in [9.17, 15) is 19.8 Å². The number of ketones is 1. The molecule has 2 N–H and O–H groups in total. The van der Waals surface area contributed by atoms with Gasteiger partial charge < -0.3 is 24.4 Å². The van der Waals surface area contributed by atoms with E-state index in [1.807, 2.05) is 0 Å². The molecule has 1 aromatic heterocycles. The van der Waals surface area contributed by atoms with Crippen molar-refractivity contribution >= 4 is 11.8 Å². The van der Waals surface area contributed by atoms with Crippen molar-refractivity contribution in [3.63, 3.8) is 0 Å². The van der Waals surface area contributed by atoms with Gasteiger partial charge in [0.15, 0.2) is 11.4 Å². The van der Waals surface area contributed by atoms with E-state index in [2.05, 4.69) is 4.98 Å². The summed E-state index contributed by atoms with van der Waals surface area (Å²) in [6.45, 7) is 0. The third-order valence-electron chi connectivity index (χ3n) is 6.57. The molecular weight excluding hydrogens is 426 g/mol. The van der Waals surface area contributed by atoms with Gasteiger partial charge in [0.05, 0.1) is 26.3 Å². The monoisotopic (exact) mass is 447 g/mol. The minimum atomic E-state index is -2.34. The molecule has 8 nitrogen and oxygen atoms in total. The zero-order valence-electron chi connectivity index (χ0n) is 17.9. The Kier molecular flexibility index (Phi) is 4.65. The van der Waals surface area contributed by atoms with Gasteiger partial charge in [0.1, 0.15) is 28.9 Å². The van der Waals surface area contributed by atoms with Crippen LogP contribution in [0.1, 0.15) is 22.7 Å². The number of carboxylic acids is 1. The van der Waals surface area contributed by atoms with Gasteiger partial charge in [0.25, 0.3) is 0 Å². The number of ether oxygens (including phenoxy) is 3. The average Bonchev–Trinajstić information content (AvgIpc) is 3.22. The van der Waals surface area contributed by atoms with Gasteiger partial charge in [-0.25, -0.2) is 4.98 Å². The fourth-order valence-electron chi connectivity index (χ4n) is 5.14. The smallest absolute Gasteiger partial charge is 0.314 e. The van der Waals surface area contributed by atoms with E-state index >= 15 is 0 Å². The molecule has 0 amide bonds. The van der Waals surface area contributed by atoms with Crippen molar-refractivity contribution in [2.45, 2.75) is 17.1 Å². The molecular formula is C25H21NO7. The van der Waals surface area contributed by atoms with Crippen molar-refractivity contribution in [1.29, 1.82) is 0 Å². The molecule has 1 fully saturated rings. The number of carboxylic acid groups (broad SMARTS) is 1. The van der Waals surface area contributed by atoms with Crippen molar-refractivity contribution in [2.24, 2.45) is 5.92 Å². The third kappa shape index (κ3) is 2.64. The second kappa shape index (κ2) is 7.31. The topological polar surface area (TPSA) is 115 Å². The van der Waals surface area contributed by atoms with E-state index in [1.165, 1.54) is 26.5 Å². The first-order chi connectivity index (χ1) is 15.9. The highest BCUT2D eigenvalue weighted by Crippen LogP contribution is 2.66. The van der Waals surface area contributed by atoms with Crippen LogP contribution in [0.25, 0.3) is 0 Å². The second-order valence-corrected chi connectivity index (χ2v) is 8.07. The molecule has 2 aromatic carbocycles. The van der Waals surface area contributed by atoms with Gasteiger partial charge in [-0.05, 0) is 17.7 Å². The van der Waals surface area contributed by atoms with Crippen LogP contribution >= 0.6 is 0 Å². The quantitative estimate of drug-likeness (QED) is 0.574. The number of fused-ring (bicyclic) bond motifs is 3. The zero-order chi connectivity index (χ0) is 23.4. The predicted octanol–water partition coefficient (Wildman–Crippen LogP) is 2.64. The number of carbonyl (C=O) groups excluding carboxylic acids is 1. The number of aliphatic carboxylic acids is 1. The molecule has 0 bridgehead atoms. The summed E-state index contributed by atoms with van der Waals surface area (Å²) >= 11 is 0. The van der Waals surface area contributed by atoms with Crippen molar-refractivity contribution in [2.75, 3.05) is 14.2 Å². The van der Waals surface area contributed by atoms with Gasteiger partial charge in [0, 0.05) is 11.6 Å². The number of methoxy groups -OCH3 is 2. The fraction of sp³-hybridized carbons (Fsp3) is 0.240. The summed E-state index contributed by atoms with van der Waals surface area (Å²) in [6, 6.07) is 17.0. The van der Waals surface area contributed by atoms with Gasteiger partial charge in [-0.1, -0.05) is 42.5 Å².